The Bertz CT molecular complexity index is 1460. The van der Waals surface area contributed by atoms with Gasteiger partial charge in [-0.05, 0) is 97.5 Å². The Balaban J connectivity index is 0.000000220. The van der Waals surface area contributed by atoms with Gasteiger partial charge in [-0.2, -0.15) is 0 Å². The highest BCUT2D eigenvalue weighted by Crippen LogP contribution is 2.30. The lowest BCUT2D eigenvalue weighted by Crippen LogP contribution is -2.04. The highest BCUT2D eigenvalue weighted by Gasteiger charge is 2.16. The topological polar surface area (TPSA) is 86.7 Å². The van der Waals surface area contributed by atoms with Crippen LogP contribution in [0, 0.1) is 13.8 Å². The monoisotopic (exact) mass is 536 g/mol. The number of hydrogen-bond acceptors (Lipinski definition) is 6. The van der Waals surface area contributed by atoms with Crippen LogP contribution in [0.1, 0.15) is 66.4 Å². The fourth-order valence-corrected chi connectivity index (χ4v) is 4.39. The standard InChI is InChI=1S/2C17H16O3/c2*1-11-6-4-5-7-14(11)16-10-13(17(19)20-3)8-9-15(16)12(2)18/h2*4-10H,1-3H3. The second-order valence-corrected chi connectivity index (χ2v) is 9.25. The summed E-state index contributed by atoms with van der Waals surface area (Å²) in [6.45, 7) is 7.00. The number of esters is 2. The largest absolute Gasteiger partial charge is 0.465 e. The molecule has 204 valence electrons. The highest BCUT2D eigenvalue weighted by atomic mass is 16.5. The lowest BCUT2D eigenvalue weighted by molar-refractivity contribution is 0.0592. The summed E-state index contributed by atoms with van der Waals surface area (Å²) in [4.78, 5) is 46.9. The van der Waals surface area contributed by atoms with E-state index in [1.807, 2.05) is 62.4 Å². The van der Waals surface area contributed by atoms with Crippen molar-refractivity contribution in [2.45, 2.75) is 27.7 Å². The molecule has 0 N–H and O–H groups in total. The average Bonchev–Trinajstić information content (AvgIpc) is 2.96. The highest BCUT2D eigenvalue weighted by molar-refractivity contribution is 6.04. The number of rotatable bonds is 6. The van der Waals surface area contributed by atoms with Crippen LogP contribution in [-0.4, -0.2) is 37.7 Å². The summed E-state index contributed by atoms with van der Waals surface area (Å²) in [5, 5.41) is 0. The molecule has 0 amide bonds. The second kappa shape index (κ2) is 13.3. The van der Waals surface area contributed by atoms with Gasteiger partial charge in [0.1, 0.15) is 0 Å². The zero-order chi connectivity index (χ0) is 29.4. The van der Waals surface area contributed by atoms with E-state index in [1.165, 1.54) is 28.1 Å². The Morgan fingerprint density at radius 2 is 0.850 bits per heavy atom. The summed E-state index contributed by atoms with van der Waals surface area (Å²) in [7, 11) is 2.68. The summed E-state index contributed by atoms with van der Waals surface area (Å²) < 4.78 is 9.47. The number of hydrogen-bond donors (Lipinski definition) is 0. The Morgan fingerprint density at radius 1 is 0.500 bits per heavy atom. The van der Waals surface area contributed by atoms with Gasteiger partial charge in [-0.1, -0.05) is 48.5 Å². The molecule has 0 aromatic heterocycles. The minimum absolute atomic E-state index is 0.0281. The van der Waals surface area contributed by atoms with Crippen LogP contribution in [0.3, 0.4) is 0 Å². The van der Waals surface area contributed by atoms with Crippen molar-refractivity contribution < 1.29 is 28.7 Å². The molecule has 6 heteroatoms. The van der Waals surface area contributed by atoms with Crippen molar-refractivity contribution in [1.29, 1.82) is 0 Å². The smallest absolute Gasteiger partial charge is 0.337 e. The Hall–Kier alpha value is -4.84. The normalized spacial score (nSPS) is 10.2. The Kier molecular flexibility index (Phi) is 9.87. The van der Waals surface area contributed by atoms with E-state index < -0.39 is 11.9 Å². The molecule has 0 aliphatic rings. The molecule has 0 radical (unpaired) electrons. The van der Waals surface area contributed by atoms with Crippen molar-refractivity contribution in [3.63, 3.8) is 0 Å². The number of ketones is 2. The van der Waals surface area contributed by atoms with Crippen LogP contribution in [0.25, 0.3) is 22.3 Å². The van der Waals surface area contributed by atoms with E-state index in [9.17, 15) is 19.2 Å². The molecular weight excluding hydrogens is 504 g/mol. The van der Waals surface area contributed by atoms with Gasteiger partial charge in [0.2, 0.25) is 0 Å². The fourth-order valence-electron chi connectivity index (χ4n) is 4.39. The van der Waals surface area contributed by atoms with Crippen LogP contribution < -0.4 is 0 Å². The minimum Gasteiger partial charge on any atom is -0.465 e. The van der Waals surface area contributed by atoms with E-state index in [1.54, 1.807) is 36.4 Å². The molecule has 6 nitrogen and oxygen atoms in total. The van der Waals surface area contributed by atoms with Gasteiger partial charge in [0, 0.05) is 11.1 Å². The fraction of sp³-hybridized carbons (Fsp3) is 0.176. The molecule has 0 saturated carbocycles. The predicted molar refractivity (Wildman–Crippen MR) is 156 cm³/mol. The third-order valence-electron chi connectivity index (χ3n) is 6.51. The number of carbonyl (C=O) groups excluding carboxylic acids is 4. The minimum atomic E-state index is -0.407. The van der Waals surface area contributed by atoms with Crippen LogP contribution in [0.15, 0.2) is 84.9 Å². The molecule has 0 fully saturated rings. The zero-order valence-electron chi connectivity index (χ0n) is 23.5. The molecule has 0 saturated heterocycles. The molecule has 40 heavy (non-hydrogen) atoms. The maximum atomic E-state index is 11.8. The van der Waals surface area contributed by atoms with Gasteiger partial charge < -0.3 is 9.47 Å². The van der Waals surface area contributed by atoms with Crippen molar-refractivity contribution in [3.8, 4) is 22.3 Å². The number of ether oxygens (including phenoxy) is 2. The molecule has 0 unspecified atom stereocenters. The first-order valence-corrected chi connectivity index (χ1v) is 12.7. The summed E-state index contributed by atoms with van der Waals surface area (Å²) in [5.41, 5.74) is 7.61. The first-order valence-electron chi connectivity index (χ1n) is 12.7. The van der Waals surface area contributed by atoms with Crippen LogP contribution in [0.4, 0.5) is 0 Å². The third-order valence-corrected chi connectivity index (χ3v) is 6.51. The van der Waals surface area contributed by atoms with Crippen molar-refractivity contribution in [2.75, 3.05) is 14.2 Å². The van der Waals surface area contributed by atoms with Crippen molar-refractivity contribution in [2.24, 2.45) is 0 Å². The number of benzene rings is 4. The number of methoxy groups -OCH3 is 2. The maximum absolute atomic E-state index is 11.8. The first kappa shape index (κ1) is 29.7. The number of carbonyl (C=O) groups is 4. The van der Waals surface area contributed by atoms with Crippen LogP contribution in [0.5, 0.6) is 0 Å². The van der Waals surface area contributed by atoms with Gasteiger partial charge in [0.05, 0.1) is 25.3 Å². The molecule has 0 heterocycles. The van der Waals surface area contributed by atoms with Gasteiger partial charge in [-0.3, -0.25) is 9.59 Å². The summed E-state index contributed by atoms with van der Waals surface area (Å²) in [6.07, 6.45) is 0. The van der Waals surface area contributed by atoms with Gasteiger partial charge in [0.25, 0.3) is 0 Å². The van der Waals surface area contributed by atoms with E-state index in [2.05, 4.69) is 0 Å². The quantitative estimate of drug-likeness (QED) is 0.190. The van der Waals surface area contributed by atoms with E-state index in [-0.39, 0.29) is 11.6 Å². The molecule has 0 atom stereocenters. The molecule has 0 spiro atoms. The third kappa shape index (κ3) is 6.77. The maximum Gasteiger partial charge on any atom is 0.337 e. The van der Waals surface area contributed by atoms with Crippen LogP contribution >= 0.6 is 0 Å². The van der Waals surface area contributed by atoms with E-state index in [0.29, 0.717) is 22.3 Å². The molecule has 0 aliphatic carbocycles. The van der Waals surface area contributed by atoms with Crippen LogP contribution in [-0.2, 0) is 9.47 Å². The number of Topliss-reactive ketones (excluding diaryl/α,β-unsaturated/α-hetero) is 2. The molecule has 0 bridgehead atoms. The summed E-state index contributed by atoms with van der Waals surface area (Å²) in [5.74, 6) is -0.871. The zero-order valence-corrected chi connectivity index (χ0v) is 23.5. The lowest BCUT2D eigenvalue weighted by Gasteiger charge is -2.11. The predicted octanol–water partition coefficient (Wildman–Crippen LogP) is 7.30. The van der Waals surface area contributed by atoms with E-state index in [0.717, 1.165) is 33.4 Å². The average molecular weight is 537 g/mol. The van der Waals surface area contributed by atoms with Crippen molar-refractivity contribution in [3.05, 3.63) is 118 Å². The van der Waals surface area contributed by atoms with Crippen molar-refractivity contribution >= 4 is 23.5 Å². The first-order chi connectivity index (χ1) is 19.1. The lowest BCUT2D eigenvalue weighted by atomic mass is 9.92. The van der Waals surface area contributed by atoms with E-state index >= 15 is 0 Å². The van der Waals surface area contributed by atoms with E-state index in [4.69, 9.17) is 9.47 Å². The Labute approximate surface area is 234 Å². The van der Waals surface area contributed by atoms with Crippen LogP contribution in [0.2, 0.25) is 0 Å². The molecule has 4 aromatic carbocycles. The SMILES string of the molecule is COC(=O)c1ccc(C(C)=O)c(-c2ccccc2C)c1.COC(=O)c1ccc(C(C)=O)c(-c2ccccc2C)c1. The molecular formula is C34H32O6. The van der Waals surface area contributed by atoms with Gasteiger partial charge in [-0.25, -0.2) is 9.59 Å². The molecule has 0 aliphatic heterocycles. The molecule has 4 aromatic rings. The van der Waals surface area contributed by atoms with Gasteiger partial charge in [-0.15, -0.1) is 0 Å². The van der Waals surface area contributed by atoms with Crippen molar-refractivity contribution in [1.82, 2.24) is 0 Å². The number of aryl methyl sites for hydroxylation is 2. The van der Waals surface area contributed by atoms with Gasteiger partial charge in [0.15, 0.2) is 11.6 Å². The summed E-state index contributed by atoms with van der Waals surface area (Å²) >= 11 is 0. The Morgan fingerprint density at radius 3 is 1.15 bits per heavy atom. The summed E-state index contributed by atoms with van der Waals surface area (Å²) in [6, 6.07) is 25.6. The molecule has 4 rings (SSSR count). The second-order valence-electron chi connectivity index (χ2n) is 9.25. The van der Waals surface area contributed by atoms with Gasteiger partial charge >= 0.3 is 11.9 Å².